The summed E-state index contributed by atoms with van der Waals surface area (Å²) in [5.74, 6) is 1.25. The largest absolute Gasteiger partial charge is 0.386 e. The first-order valence-electron chi connectivity index (χ1n) is 8.21. The van der Waals surface area contributed by atoms with Crippen LogP contribution in [0.15, 0.2) is 23.9 Å². The molecule has 0 aromatic heterocycles. The molecule has 0 saturated carbocycles. The highest BCUT2D eigenvalue weighted by Gasteiger charge is 2.32. The van der Waals surface area contributed by atoms with E-state index in [0.717, 1.165) is 12.6 Å². The Morgan fingerprint density at radius 1 is 1.48 bits per heavy atom. The van der Waals surface area contributed by atoms with Crippen LogP contribution < -0.4 is 5.32 Å². The minimum Gasteiger partial charge on any atom is -0.386 e. The first-order chi connectivity index (χ1) is 10.0. The van der Waals surface area contributed by atoms with E-state index >= 15 is 0 Å². The fourth-order valence-electron chi connectivity index (χ4n) is 3.68. The summed E-state index contributed by atoms with van der Waals surface area (Å²) in [5.41, 5.74) is 1.21. The minimum atomic E-state index is 0.503. The molecule has 0 bridgehead atoms. The van der Waals surface area contributed by atoms with Gasteiger partial charge in [-0.2, -0.15) is 0 Å². The molecule has 0 radical (unpaired) electrons. The predicted molar refractivity (Wildman–Crippen MR) is 94.0 cm³/mol. The Morgan fingerprint density at radius 3 is 2.76 bits per heavy atom. The molecule has 1 fully saturated rings. The molecule has 21 heavy (non-hydrogen) atoms. The highest BCUT2D eigenvalue weighted by molar-refractivity contribution is 8.02. The van der Waals surface area contributed by atoms with Crippen LogP contribution in [0.1, 0.15) is 33.1 Å². The molecule has 3 nitrogen and oxygen atoms in total. The van der Waals surface area contributed by atoms with Crippen LogP contribution in [0, 0.1) is 11.8 Å². The lowest BCUT2D eigenvalue weighted by Crippen LogP contribution is -2.39. The summed E-state index contributed by atoms with van der Waals surface area (Å²) in [6.07, 6.45) is 6.07. The van der Waals surface area contributed by atoms with Gasteiger partial charge in [0.15, 0.2) is 0 Å². The predicted octanol–water partition coefficient (Wildman–Crippen LogP) is 3.32. The minimum absolute atomic E-state index is 0.503. The van der Waals surface area contributed by atoms with E-state index in [9.17, 15) is 0 Å². The SMILES string of the molecule is C=C(NC[C@@H]1SC=CN1C)[C@H](C)[C@@H](CC)[C@@H]1CCCN1C. The number of nitrogens with zero attached hydrogens (tertiary/aromatic N) is 2. The molecule has 2 rings (SSSR count). The van der Waals surface area contributed by atoms with Crippen molar-refractivity contribution in [2.24, 2.45) is 11.8 Å². The maximum atomic E-state index is 4.33. The Kier molecular flexibility index (Phi) is 6.06. The van der Waals surface area contributed by atoms with E-state index in [4.69, 9.17) is 0 Å². The molecule has 2 heterocycles. The molecular formula is C17H31N3S. The van der Waals surface area contributed by atoms with Gasteiger partial charge in [-0.1, -0.05) is 26.8 Å². The summed E-state index contributed by atoms with van der Waals surface area (Å²) in [6, 6.07) is 0.730. The van der Waals surface area contributed by atoms with Crippen molar-refractivity contribution in [3.63, 3.8) is 0 Å². The zero-order chi connectivity index (χ0) is 15.4. The molecule has 1 N–H and O–H groups in total. The highest BCUT2D eigenvalue weighted by Crippen LogP contribution is 2.32. The van der Waals surface area contributed by atoms with Gasteiger partial charge in [0.25, 0.3) is 0 Å². The second-order valence-corrected chi connectivity index (χ2v) is 7.59. The van der Waals surface area contributed by atoms with Gasteiger partial charge in [0.1, 0.15) is 0 Å². The van der Waals surface area contributed by atoms with Gasteiger partial charge in [-0.3, -0.25) is 0 Å². The Balaban J connectivity index is 1.85. The summed E-state index contributed by atoms with van der Waals surface area (Å²) < 4.78 is 0. The average molecular weight is 310 g/mol. The lowest BCUT2D eigenvalue weighted by Gasteiger charge is -2.34. The van der Waals surface area contributed by atoms with Gasteiger partial charge in [0.2, 0.25) is 0 Å². The molecule has 0 spiro atoms. The second-order valence-electron chi connectivity index (χ2n) is 6.50. The molecule has 4 heteroatoms. The van der Waals surface area contributed by atoms with Gasteiger partial charge in [0, 0.05) is 31.5 Å². The maximum Gasteiger partial charge on any atom is 0.0955 e. The normalized spacial score (nSPS) is 28.9. The number of thioether (sulfide) groups is 1. The van der Waals surface area contributed by atoms with Crippen molar-refractivity contribution < 1.29 is 0 Å². The summed E-state index contributed by atoms with van der Waals surface area (Å²) in [4.78, 5) is 4.81. The van der Waals surface area contributed by atoms with E-state index < -0.39 is 0 Å². The smallest absolute Gasteiger partial charge is 0.0955 e. The van der Waals surface area contributed by atoms with E-state index in [1.54, 1.807) is 0 Å². The van der Waals surface area contributed by atoms with Crippen LogP contribution in [-0.4, -0.2) is 48.4 Å². The van der Waals surface area contributed by atoms with Gasteiger partial charge >= 0.3 is 0 Å². The first kappa shape index (κ1) is 16.8. The monoisotopic (exact) mass is 309 g/mol. The van der Waals surface area contributed by atoms with Crippen LogP contribution in [0.4, 0.5) is 0 Å². The Bertz CT molecular complexity index is 382. The maximum absolute atomic E-state index is 4.33. The summed E-state index contributed by atoms with van der Waals surface area (Å²) in [5, 5.41) is 6.26. The molecule has 0 aromatic carbocycles. The van der Waals surface area contributed by atoms with Gasteiger partial charge in [-0.15, -0.1) is 11.8 Å². The number of hydrogen-bond donors (Lipinski definition) is 1. The van der Waals surface area contributed by atoms with Crippen molar-refractivity contribution in [2.45, 2.75) is 44.5 Å². The molecule has 0 aliphatic carbocycles. The molecular weight excluding hydrogens is 278 g/mol. The molecule has 1 saturated heterocycles. The van der Waals surface area contributed by atoms with Gasteiger partial charge < -0.3 is 15.1 Å². The van der Waals surface area contributed by atoms with Crippen molar-refractivity contribution in [3.05, 3.63) is 23.9 Å². The summed E-state index contributed by atoms with van der Waals surface area (Å²) in [7, 11) is 4.41. The summed E-state index contributed by atoms with van der Waals surface area (Å²) in [6.45, 7) is 11.2. The van der Waals surface area contributed by atoms with Crippen LogP contribution in [0.25, 0.3) is 0 Å². The molecule has 2 aliphatic rings. The lowest BCUT2D eigenvalue weighted by atomic mass is 9.82. The third-order valence-electron chi connectivity index (χ3n) is 5.22. The van der Waals surface area contributed by atoms with Crippen LogP contribution in [-0.2, 0) is 0 Å². The van der Waals surface area contributed by atoms with Crippen molar-refractivity contribution in [1.82, 2.24) is 15.1 Å². The fourth-order valence-corrected chi connectivity index (χ4v) is 4.57. The number of hydrogen-bond acceptors (Lipinski definition) is 4. The third kappa shape index (κ3) is 3.98. The van der Waals surface area contributed by atoms with Crippen molar-refractivity contribution in [3.8, 4) is 0 Å². The number of nitrogens with one attached hydrogen (secondary N) is 1. The molecule has 0 unspecified atom stereocenters. The van der Waals surface area contributed by atoms with E-state index in [2.05, 4.69) is 61.2 Å². The first-order valence-corrected chi connectivity index (χ1v) is 9.15. The molecule has 0 aromatic rings. The number of allylic oxidation sites excluding steroid dienone is 1. The molecule has 2 aliphatic heterocycles. The topological polar surface area (TPSA) is 18.5 Å². The van der Waals surface area contributed by atoms with Gasteiger partial charge in [-0.25, -0.2) is 0 Å². The van der Waals surface area contributed by atoms with Crippen LogP contribution in [0.2, 0.25) is 0 Å². The summed E-state index contributed by atoms with van der Waals surface area (Å²) >= 11 is 1.88. The molecule has 120 valence electrons. The average Bonchev–Trinajstić information content (AvgIpc) is 3.06. The highest BCUT2D eigenvalue weighted by atomic mass is 32.2. The molecule has 0 amide bonds. The van der Waals surface area contributed by atoms with E-state index in [1.165, 1.54) is 31.5 Å². The standard InChI is InChI=1S/C17H31N3S/c1-6-15(16-8-7-9-19(16)4)13(2)14(3)18-12-17-20(5)10-11-21-17/h10-11,13,15-18H,3,6-9,12H2,1-2,4-5H3/t13-,15+,16-,17-/m0/s1. The number of likely N-dealkylation sites (tertiary alicyclic amines) is 1. The Labute approximate surface area is 134 Å². The number of rotatable bonds is 7. The Hall–Kier alpha value is -0.610. The second kappa shape index (κ2) is 7.59. The third-order valence-corrected chi connectivity index (χ3v) is 6.32. The Morgan fingerprint density at radius 2 is 2.24 bits per heavy atom. The van der Waals surface area contributed by atoms with Crippen molar-refractivity contribution in [1.29, 1.82) is 0 Å². The van der Waals surface area contributed by atoms with E-state index in [1.807, 2.05) is 11.8 Å². The van der Waals surface area contributed by atoms with Crippen molar-refractivity contribution >= 4 is 11.8 Å². The van der Waals surface area contributed by atoms with Crippen molar-refractivity contribution in [2.75, 3.05) is 27.2 Å². The zero-order valence-electron chi connectivity index (χ0n) is 14.0. The number of likely N-dealkylation sites (N-methyl/N-ethyl adjacent to an activating group) is 1. The lowest BCUT2D eigenvalue weighted by molar-refractivity contribution is 0.183. The van der Waals surface area contributed by atoms with Crippen LogP contribution in [0.5, 0.6) is 0 Å². The van der Waals surface area contributed by atoms with Crippen LogP contribution in [0.3, 0.4) is 0 Å². The van der Waals surface area contributed by atoms with Crippen LogP contribution >= 0.6 is 11.8 Å². The quantitative estimate of drug-likeness (QED) is 0.777. The van der Waals surface area contributed by atoms with Gasteiger partial charge in [-0.05, 0) is 43.7 Å². The van der Waals surface area contributed by atoms with E-state index in [-0.39, 0.29) is 0 Å². The zero-order valence-corrected chi connectivity index (χ0v) is 14.8. The molecule has 4 atom stereocenters. The van der Waals surface area contributed by atoms with E-state index in [0.29, 0.717) is 17.2 Å². The van der Waals surface area contributed by atoms with Gasteiger partial charge in [0.05, 0.1) is 5.37 Å². The fraction of sp³-hybridized carbons (Fsp3) is 0.765.